The van der Waals surface area contributed by atoms with Crippen LogP contribution in [0, 0.1) is 0 Å². The minimum atomic E-state index is -0.939. The Bertz CT molecular complexity index is 192. The number of aliphatic carboxylic acids is 1. The lowest BCUT2D eigenvalue weighted by Gasteiger charge is -2.02. The third-order valence-corrected chi connectivity index (χ3v) is 2.26. The van der Waals surface area contributed by atoms with Crippen molar-refractivity contribution in [1.29, 1.82) is 0 Å². The fraction of sp³-hybridized carbons (Fsp3) is 0.444. The minimum Gasteiger partial charge on any atom is -0.478 e. The molecule has 0 aliphatic heterocycles. The molecule has 0 fully saturated rings. The summed E-state index contributed by atoms with van der Waals surface area (Å²) in [6.07, 6.45) is 1.85. The van der Waals surface area contributed by atoms with Gasteiger partial charge in [0.25, 0.3) is 0 Å². The van der Waals surface area contributed by atoms with Crippen LogP contribution in [0.4, 0.5) is 0 Å². The molecule has 0 atom stereocenters. The summed E-state index contributed by atoms with van der Waals surface area (Å²) in [5.41, 5.74) is 0.203. The highest BCUT2D eigenvalue weighted by Gasteiger charge is 2.01. The van der Waals surface area contributed by atoms with Gasteiger partial charge >= 0.3 is 5.97 Å². The molecule has 0 aromatic carbocycles. The van der Waals surface area contributed by atoms with E-state index in [0.29, 0.717) is 6.54 Å². The van der Waals surface area contributed by atoms with Crippen LogP contribution >= 0.6 is 11.8 Å². The topological polar surface area (TPSA) is 49.3 Å². The normalized spacial score (nSPS) is 9.54. The Hall–Kier alpha value is -0.740. The van der Waals surface area contributed by atoms with E-state index in [1.807, 2.05) is 6.08 Å². The number of rotatable bonds is 8. The maximum absolute atomic E-state index is 10.3. The molecule has 74 valence electrons. The van der Waals surface area contributed by atoms with Gasteiger partial charge in [0.2, 0.25) is 0 Å². The summed E-state index contributed by atoms with van der Waals surface area (Å²) < 4.78 is 0. The Morgan fingerprint density at radius 2 is 2.31 bits per heavy atom. The van der Waals surface area contributed by atoms with Crippen LogP contribution in [-0.2, 0) is 4.79 Å². The lowest BCUT2D eigenvalue weighted by atomic mass is 10.3. The molecule has 0 rings (SSSR count). The highest BCUT2D eigenvalue weighted by molar-refractivity contribution is 7.99. The quantitative estimate of drug-likeness (QED) is 0.351. The first-order valence-corrected chi connectivity index (χ1v) is 5.14. The second-order valence-corrected chi connectivity index (χ2v) is 3.60. The molecule has 0 spiro atoms. The fourth-order valence-corrected chi connectivity index (χ4v) is 1.25. The first-order chi connectivity index (χ1) is 6.18. The summed E-state index contributed by atoms with van der Waals surface area (Å²) in [5.74, 6) is 0.951. The van der Waals surface area contributed by atoms with Gasteiger partial charge < -0.3 is 10.4 Å². The maximum atomic E-state index is 10.3. The van der Waals surface area contributed by atoms with E-state index in [-0.39, 0.29) is 5.57 Å². The average molecular weight is 201 g/mol. The average Bonchev–Trinajstić information content (AvgIpc) is 2.10. The summed E-state index contributed by atoms with van der Waals surface area (Å²) in [5, 5.41) is 11.5. The number of thioether (sulfide) groups is 1. The van der Waals surface area contributed by atoms with Crippen molar-refractivity contribution in [3.05, 3.63) is 24.8 Å². The molecular formula is C9H15NO2S. The lowest BCUT2D eigenvalue weighted by Crippen LogP contribution is -2.22. The van der Waals surface area contributed by atoms with Crippen molar-refractivity contribution < 1.29 is 9.90 Å². The molecule has 0 bridgehead atoms. The van der Waals surface area contributed by atoms with Gasteiger partial charge in [0.05, 0.1) is 0 Å². The van der Waals surface area contributed by atoms with Gasteiger partial charge in [0.1, 0.15) is 0 Å². The molecule has 4 heteroatoms. The Kier molecular flexibility index (Phi) is 7.44. The van der Waals surface area contributed by atoms with Gasteiger partial charge in [-0.05, 0) is 0 Å². The number of hydrogen-bond acceptors (Lipinski definition) is 3. The molecule has 0 heterocycles. The van der Waals surface area contributed by atoms with Gasteiger partial charge in [-0.3, -0.25) is 0 Å². The van der Waals surface area contributed by atoms with E-state index in [1.54, 1.807) is 11.8 Å². The molecule has 2 N–H and O–H groups in total. The van der Waals surface area contributed by atoms with Crippen LogP contribution < -0.4 is 5.32 Å². The van der Waals surface area contributed by atoms with Crippen LogP contribution in [0.5, 0.6) is 0 Å². The Balaban J connectivity index is 3.21. The number of hydrogen-bond donors (Lipinski definition) is 2. The van der Waals surface area contributed by atoms with E-state index in [9.17, 15) is 4.79 Å². The van der Waals surface area contributed by atoms with Crippen LogP contribution in [0.15, 0.2) is 24.8 Å². The van der Waals surface area contributed by atoms with Crippen molar-refractivity contribution in [2.75, 3.05) is 24.6 Å². The highest BCUT2D eigenvalue weighted by Crippen LogP contribution is 1.97. The number of carbonyl (C=O) groups is 1. The van der Waals surface area contributed by atoms with E-state index in [1.165, 1.54) is 0 Å². The Labute approximate surface area is 82.9 Å². The molecule has 0 unspecified atom stereocenters. The van der Waals surface area contributed by atoms with E-state index < -0.39 is 5.97 Å². The number of carboxylic acid groups (broad SMARTS) is 1. The highest BCUT2D eigenvalue weighted by atomic mass is 32.2. The zero-order valence-electron chi connectivity index (χ0n) is 7.58. The molecule has 0 saturated heterocycles. The number of nitrogens with one attached hydrogen (secondary N) is 1. The molecule has 0 aromatic heterocycles. The first kappa shape index (κ1) is 12.3. The molecule has 0 radical (unpaired) electrons. The van der Waals surface area contributed by atoms with Crippen LogP contribution in [-0.4, -0.2) is 35.7 Å². The smallest absolute Gasteiger partial charge is 0.332 e. The summed E-state index contributed by atoms with van der Waals surface area (Å²) in [6, 6.07) is 0. The zero-order valence-corrected chi connectivity index (χ0v) is 8.40. The Morgan fingerprint density at radius 1 is 1.62 bits per heavy atom. The van der Waals surface area contributed by atoms with Crippen molar-refractivity contribution in [1.82, 2.24) is 5.32 Å². The second kappa shape index (κ2) is 7.89. The van der Waals surface area contributed by atoms with Crippen LogP contribution in [0.25, 0.3) is 0 Å². The maximum Gasteiger partial charge on any atom is 0.332 e. The van der Waals surface area contributed by atoms with Crippen molar-refractivity contribution in [2.45, 2.75) is 0 Å². The molecule has 0 aromatic rings. The molecule has 3 nitrogen and oxygen atoms in total. The third kappa shape index (κ3) is 7.62. The SMILES string of the molecule is C=CCSCCNCC(=C)C(=O)O. The Morgan fingerprint density at radius 3 is 2.85 bits per heavy atom. The predicted octanol–water partition coefficient (Wildman–Crippen LogP) is 1.14. The lowest BCUT2D eigenvalue weighted by molar-refractivity contribution is -0.132. The first-order valence-electron chi connectivity index (χ1n) is 3.99. The summed E-state index contributed by atoms with van der Waals surface area (Å²) in [7, 11) is 0. The molecule has 0 aliphatic rings. The van der Waals surface area contributed by atoms with Crippen molar-refractivity contribution >= 4 is 17.7 Å². The van der Waals surface area contributed by atoms with Gasteiger partial charge in [-0.1, -0.05) is 12.7 Å². The van der Waals surface area contributed by atoms with Crippen LogP contribution in [0.2, 0.25) is 0 Å². The van der Waals surface area contributed by atoms with E-state index >= 15 is 0 Å². The molecule has 0 saturated carbocycles. The predicted molar refractivity (Wildman–Crippen MR) is 57.2 cm³/mol. The van der Waals surface area contributed by atoms with Gasteiger partial charge in [0.15, 0.2) is 0 Å². The van der Waals surface area contributed by atoms with Crippen molar-refractivity contribution in [2.24, 2.45) is 0 Å². The largest absolute Gasteiger partial charge is 0.478 e. The molecule has 13 heavy (non-hydrogen) atoms. The second-order valence-electron chi connectivity index (χ2n) is 2.45. The molecule has 0 amide bonds. The van der Waals surface area contributed by atoms with Crippen molar-refractivity contribution in [3.63, 3.8) is 0 Å². The standard InChI is InChI=1S/C9H15NO2S/c1-3-5-13-6-4-10-7-8(2)9(11)12/h3,10H,1-2,4-7H2,(H,11,12). The number of carboxylic acids is 1. The van der Waals surface area contributed by atoms with Crippen molar-refractivity contribution in [3.8, 4) is 0 Å². The third-order valence-electron chi connectivity index (χ3n) is 1.30. The molecule has 0 aliphatic carbocycles. The van der Waals surface area contributed by atoms with E-state index in [2.05, 4.69) is 18.5 Å². The van der Waals surface area contributed by atoms with Gasteiger partial charge in [-0.25, -0.2) is 4.79 Å². The zero-order chi connectivity index (χ0) is 10.1. The van der Waals surface area contributed by atoms with Gasteiger partial charge in [-0.15, -0.1) is 6.58 Å². The van der Waals surface area contributed by atoms with E-state index in [0.717, 1.165) is 18.1 Å². The fourth-order valence-electron chi connectivity index (χ4n) is 0.626. The van der Waals surface area contributed by atoms with Crippen LogP contribution in [0.1, 0.15) is 0 Å². The minimum absolute atomic E-state index is 0.203. The summed E-state index contributed by atoms with van der Waals surface area (Å²) >= 11 is 1.76. The summed E-state index contributed by atoms with van der Waals surface area (Å²) in [6.45, 7) is 8.15. The monoisotopic (exact) mass is 201 g/mol. The summed E-state index contributed by atoms with van der Waals surface area (Å²) in [4.78, 5) is 10.3. The van der Waals surface area contributed by atoms with E-state index in [4.69, 9.17) is 5.11 Å². The van der Waals surface area contributed by atoms with Gasteiger partial charge in [0, 0.05) is 30.2 Å². The molecular weight excluding hydrogens is 186 g/mol. The van der Waals surface area contributed by atoms with Crippen LogP contribution in [0.3, 0.4) is 0 Å². The van der Waals surface area contributed by atoms with Gasteiger partial charge in [-0.2, -0.15) is 11.8 Å².